The van der Waals surface area contributed by atoms with E-state index in [9.17, 15) is 23.2 Å². The number of benzene rings is 1. The first kappa shape index (κ1) is 19.5. The van der Waals surface area contributed by atoms with Gasteiger partial charge in [-0.15, -0.1) is 0 Å². The minimum atomic E-state index is -1.08. The second-order valence-electron chi connectivity index (χ2n) is 5.22. The van der Waals surface area contributed by atoms with E-state index in [1.165, 1.54) is 14.0 Å². The van der Waals surface area contributed by atoms with Crippen LogP contribution in [-0.4, -0.2) is 38.1 Å². The maximum atomic E-state index is 13.6. The Bertz CT molecular complexity index is 620. The van der Waals surface area contributed by atoms with Crippen molar-refractivity contribution < 1.29 is 32.6 Å². The predicted molar refractivity (Wildman–Crippen MR) is 79.8 cm³/mol. The van der Waals surface area contributed by atoms with Crippen molar-refractivity contribution in [2.75, 3.05) is 14.2 Å². The third-order valence-electron chi connectivity index (χ3n) is 3.38. The second-order valence-corrected chi connectivity index (χ2v) is 5.22. The fourth-order valence-electron chi connectivity index (χ4n) is 2.09. The summed E-state index contributed by atoms with van der Waals surface area (Å²) in [7, 11) is 2.35. The van der Waals surface area contributed by atoms with Crippen molar-refractivity contribution in [2.24, 2.45) is 5.92 Å². The largest absolute Gasteiger partial charge is 0.469 e. The van der Waals surface area contributed by atoms with Gasteiger partial charge < -0.3 is 14.8 Å². The molecular formula is C16H19F2NO5. The first-order chi connectivity index (χ1) is 11.3. The zero-order valence-corrected chi connectivity index (χ0v) is 13.6. The van der Waals surface area contributed by atoms with Crippen molar-refractivity contribution in [1.82, 2.24) is 5.32 Å². The van der Waals surface area contributed by atoms with Gasteiger partial charge in [0.1, 0.15) is 17.7 Å². The van der Waals surface area contributed by atoms with Gasteiger partial charge in [0.15, 0.2) is 0 Å². The quantitative estimate of drug-likeness (QED) is 0.756. The van der Waals surface area contributed by atoms with Crippen LogP contribution in [0.3, 0.4) is 0 Å². The minimum Gasteiger partial charge on any atom is -0.469 e. The average molecular weight is 343 g/mol. The van der Waals surface area contributed by atoms with Gasteiger partial charge in [-0.2, -0.15) is 0 Å². The molecule has 0 aliphatic rings. The molecule has 1 aromatic carbocycles. The Morgan fingerprint density at radius 1 is 1.12 bits per heavy atom. The number of carbonyl (C=O) groups is 3. The molecule has 1 aromatic rings. The Balaban J connectivity index is 2.76. The molecule has 0 radical (unpaired) electrons. The van der Waals surface area contributed by atoms with Crippen LogP contribution in [0.1, 0.15) is 18.9 Å². The molecule has 0 bridgehead atoms. The number of methoxy groups -OCH3 is 2. The van der Waals surface area contributed by atoms with Gasteiger partial charge >= 0.3 is 11.9 Å². The second kappa shape index (κ2) is 8.95. The number of amides is 1. The number of hydrogen-bond donors (Lipinski definition) is 1. The molecular weight excluding hydrogens is 324 g/mol. The maximum absolute atomic E-state index is 13.6. The lowest BCUT2D eigenvalue weighted by Gasteiger charge is -2.19. The molecule has 0 aliphatic heterocycles. The number of hydrogen-bond acceptors (Lipinski definition) is 5. The summed E-state index contributed by atoms with van der Waals surface area (Å²) in [5.41, 5.74) is -0.0152. The Hall–Kier alpha value is -2.51. The summed E-state index contributed by atoms with van der Waals surface area (Å²) in [6, 6.07) is 1.76. The molecule has 8 heteroatoms. The van der Waals surface area contributed by atoms with Crippen LogP contribution in [0.2, 0.25) is 0 Å². The monoisotopic (exact) mass is 343 g/mol. The van der Waals surface area contributed by atoms with Crippen molar-refractivity contribution in [3.63, 3.8) is 0 Å². The van der Waals surface area contributed by atoms with Gasteiger partial charge in [0.05, 0.1) is 26.6 Å². The van der Waals surface area contributed by atoms with Gasteiger partial charge in [-0.1, -0.05) is 13.0 Å². The molecule has 0 saturated carbocycles. The highest BCUT2D eigenvalue weighted by molar-refractivity contribution is 5.86. The number of rotatable bonds is 7. The van der Waals surface area contributed by atoms with E-state index in [1.807, 2.05) is 0 Å². The third kappa shape index (κ3) is 5.60. The Morgan fingerprint density at radius 3 is 2.29 bits per heavy atom. The lowest BCUT2D eigenvalue weighted by Crippen LogP contribution is -2.44. The SMILES string of the molecule is COC(=O)[C@H](C)C[C@H](NC(=O)Cc1ccc(F)cc1F)C(=O)OC. The molecule has 132 valence electrons. The summed E-state index contributed by atoms with van der Waals surface area (Å²) in [6.07, 6.45) is -0.413. The first-order valence-electron chi connectivity index (χ1n) is 7.17. The Labute approximate surface area is 138 Å². The van der Waals surface area contributed by atoms with Crippen molar-refractivity contribution in [3.8, 4) is 0 Å². The molecule has 0 aromatic heterocycles. The lowest BCUT2D eigenvalue weighted by molar-refractivity contribution is -0.148. The molecule has 0 fully saturated rings. The van der Waals surface area contributed by atoms with Crippen molar-refractivity contribution >= 4 is 17.8 Å². The molecule has 6 nitrogen and oxygen atoms in total. The molecule has 0 saturated heterocycles. The summed E-state index contributed by atoms with van der Waals surface area (Å²) < 4.78 is 35.6. The summed E-state index contributed by atoms with van der Waals surface area (Å²) in [4.78, 5) is 35.2. The van der Waals surface area contributed by atoms with Crippen LogP contribution >= 0.6 is 0 Å². The Kier molecular flexibility index (Phi) is 7.29. The van der Waals surface area contributed by atoms with E-state index in [0.29, 0.717) is 6.07 Å². The average Bonchev–Trinajstić information content (AvgIpc) is 2.55. The fourth-order valence-corrected chi connectivity index (χ4v) is 2.09. The van der Waals surface area contributed by atoms with E-state index in [1.54, 1.807) is 0 Å². The number of ether oxygens (including phenoxy) is 2. The van der Waals surface area contributed by atoms with Crippen molar-refractivity contribution in [2.45, 2.75) is 25.8 Å². The number of halogens is 2. The highest BCUT2D eigenvalue weighted by Gasteiger charge is 2.27. The molecule has 1 rings (SSSR count). The molecule has 1 N–H and O–H groups in total. The lowest BCUT2D eigenvalue weighted by atomic mass is 10.0. The van der Waals surface area contributed by atoms with Crippen molar-refractivity contribution in [3.05, 3.63) is 35.4 Å². The summed E-state index contributed by atoms with van der Waals surface area (Å²) in [5, 5.41) is 2.39. The van der Waals surface area contributed by atoms with Crippen LogP contribution in [0.15, 0.2) is 18.2 Å². The van der Waals surface area contributed by atoms with E-state index in [2.05, 4.69) is 14.8 Å². The van der Waals surface area contributed by atoms with Gasteiger partial charge in [0, 0.05) is 6.07 Å². The molecule has 24 heavy (non-hydrogen) atoms. The molecule has 0 aliphatic carbocycles. The van der Waals surface area contributed by atoms with Crippen LogP contribution in [0.4, 0.5) is 8.78 Å². The molecule has 0 heterocycles. The van der Waals surface area contributed by atoms with Gasteiger partial charge in [-0.05, 0) is 18.1 Å². The highest BCUT2D eigenvalue weighted by Crippen LogP contribution is 2.12. The number of esters is 2. The van der Waals surface area contributed by atoms with E-state index in [4.69, 9.17) is 0 Å². The minimum absolute atomic E-state index is 0.0152. The highest BCUT2D eigenvalue weighted by atomic mass is 19.1. The van der Waals surface area contributed by atoms with Crippen molar-refractivity contribution in [1.29, 1.82) is 0 Å². The van der Waals surface area contributed by atoms with Crippen LogP contribution < -0.4 is 5.32 Å². The van der Waals surface area contributed by atoms with Gasteiger partial charge in [0.25, 0.3) is 0 Å². The Morgan fingerprint density at radius 2 is 1.75 bits per heavy atom. The third-order valence-corrected chi connectivity index (χ3v) is 3.38. The van der Waals surface area contributed by atoms with E-state index in [-0.39, 0.29) is 18.4 Å². The molecule has 0 unspecified atom stereocenters. The van der Waals surface area contributed by atoms with E-state index in [0.717, 1.165) is 19.2 Å². The van der Waals surface area contributed by atoms with Crippen LogP contribution in [-0.2, 0) is 30.3 Å². The zero-order valence-electron chi connectivity index (χ0n) is 13.6. The first-order valence-corrected chi connectivity index (χ1v) is 7.17. The molecule has 0 spiro atoms. The van der Waals surface area contributed by atoms with Crippen LogP contribution in [0, 0.1) is 17.6 Å². The summed E-state index contributed by atoms with van der Waals surface area (Å²) >= 11 is 0. The van der Waals surface area contributed by atoms with Crippen LogP contribution in [0.5, 0.6) is 0 Å². The standard InChI is InChI=1S/C16H19F2NO5/c1-9(15(21)23-2)6-13(16(22)24-3)19-14(20)7-10-4-5-11(17)8-12(10)18/h4-5,8-9,13H,6-7H2,1-3H3,(H,19,20)/t9-,13+/m1/s1. The van der Waals surface area contributed by atoms with Gasteiger partial charge in [0.2, 0.25) is 5.91 Å². The zero-order chi connectivity index (χ0) is 18.3. The predicted octanol–water partition coefficient (Wildman–Crippen LogP) is 1.36. The number of nitrogens with one attached hydrogen (secondary N) is 1. The van der Waals surface area contributed by atoms with E-state index >= 15 is 0 Å². The van der Waals surface area contributed by atoms with Crippen LogP contribution in [0.25, 0.3) is 0 Å². The van der Waals surface area contributed by atoms with E-state index < -0.39 is 41.4 Å². The van der Waals surface area contributed by atoms with Gasteiger partial charge in [-0.25, -0.2) is 13.6 Å². The molecule has 1 amide bonds. The number of carbonyl (C=O) groups excluding carboxylic acids is 3. The normalized spacial score (nSPS) is 12.9. The topological polar surface area (TPSA) is 81.7 Å². The molecule has 2 atom stereocenters. The fraction of sp³-hybridized carbons (Fsp3) is 0.438. The smallest absolute Gasteiger partial charge is 0.328 e. The summed E-state index contributed by atoms with van der Waals surface area (Å²) in [6.45, 7) is 1.54. The maximum Gasteiger partial charge on any atom is 0.328 e. The van der Waals surface area contributed by atoms with Gasteiger partial charge in [-0.3, -0.25) is 9.59 Å². The summed E-state index contributed by atoms with van der Waals surface area (Å²) in [5.74, 6) is -4.20.